The largest absolute Gasteiger partial charge is 0.507 e. The number of fused-ring (bicyclic) bond motifs is 3. The molecule has 0 spiro atoms. The van der Waals surface area contributed by atoms with Crippen molar-refractivity contribution < 1.29 is 49.1 Å². The summed E-state index contributed by atoms with van der Waals surface area (Å²) >= 11 is 0. The molecule has 3 aliphatic rings. The van der Waals surface area contributed by atoms with Gasteiger partial charge in [-0.1, -0.05) is 12.1 Å². The second-order valence-electron chi connectivity index (χ2n) is 7.84. The van der Waals surface area contributed by atoms with Gasteiger partial charge in [-0.3, -0.25) is 9.59 Å². The normalized spacial score (nSPS) is 25.3. The van der Waals surface area contributed by atoms with Gasteiger partial charge < -0.3 is 29.6 Å². The molecule has 2 saturated heterocycles. The van der Waals surface area contributed by atoms with Gasteiger partial charge in [0.05, 0.1) is 36.0 Å². The number of carbonyl (C=O) groups excluding carboxylic acids is 2. The number of nitrogens with zero attached hydrogens (tertiary/aromatic N) is 1. The molecule has 0 amide bonds. The molecule has 1 aliphatic carbocycles. The van der Waals surface area contributed by atoms with Gasteiger partial charge in [0.25, 0.3) is 5.09 Å². The lowest BCUT2D eigenvalue weighted by atomic mass is 9.75. The highest BCUT2D eigenvalue weighted by atomic mass is 17.0. The van der Waals surface area contributed by atoms with E-state index in [-0.39, 0.29) is 35.5 Å². The summed E-state index contributed by atoms with van der Waals surface area (Å²) in [5, 5.41) is 40.2. The molecular weight excluding hydrogens is 442 g/mol. The maximum Gasteiger partial charge on any atom is 0.336 e. The number of ether oxygens (including phenoxy) is 2. The fraction of sp³-hybridized carbons (Fsp3) is 0.286. The van der Waals surface area contributed by atoms with Crippen LogP contribution in [0.25, 0.3) is 0 Å². The third-order valence-corrected chi connectivity index (χ3v) is 6.15. The molecule has 2 aromatic carbocycles. The van der Waals surface area contributed by atoms with Crippen LogP contribution in [-0.2, 0) is 14.3 Å². The molecule has 0 unspecified atom stereocenters. The number of rotatable bonds is 4. The van der Waals surface area contributed by atoms with E-state index in [0.717, 1.165) is 6.07 Å². The van der Waals surface area contributed by atoms with E-state index in [4.69, 9.17) is 9.47 Å². The minimum absolute atomic E-state index is 0.0862. The van der Waals surface area contributed by atoms with Crippen LogP contribution >= 0.6 is 0 Å². The van der Waals surface area contributed by atoms with E-state index in [1.54, 1.807) is 0 Å². The van der Waals surface area contributed by atoms with Crippen molar-refractivity contribution in [3.8, 4) is 11.5 Å². The van der Waals surface area contributed by atoms with Gasteiger partial charge in [0.1, 0.15) is 17.6 Å². The fourth-order valence-corrected chi connectivity index (χ4v) is 4.85. The zero-order valence-electron chi connectivity index (χ0n) is 16.6. The predicted molar refractivity (Wildman–Crippen MR) is 104 cm³/mol. The van der Waals surface area contributed by atoms with Crippen LogP contribution in [0.5, 0.6) is 11.5 Å². The quantitative estimate of drug-likeness (QED) is 0.376. The topological polar surface area (TPSA) is 183 Å². The van der Waals surface area contributed by atoms with Gasteiger partial charge in [-0.25, -0.2) is 4.79 Å². The van der Waals surface area contributed by atoms with E-state index in [2.05, 4.69) is 4.84 Å². The van der Waals surface area contributed by atoms with Gasteiger partial charge in [-0.2, -0.15) is 0 Å². The average molecular weight is 457 g/mol. The number of phenols is 2. The summed E-state index contributed by atoms with van der Waals surface area (Å²) < 4.78 is 11.2. The Morgan fingerprint density at radius 2 is 1.76 bits per heavy atom. The molecule has 2 heterocycles. The van der Waals surface area contributed by atoms with Crippen molar-refractivity contribution in [2.75, 3.05) is 13.2 Å². The van der Waals surface area contributed by atoms with E-state index >= 15 is 0 Å². The van der Waals surface area contributed by atoms with Crippen molar-refractivity contribution in [3.05, 3.63) is 67.8 Å². The smallest absolute Gasteiger partial charge is 0.336 e. The number of carboxylic acid groups (broad SMARTS) is 1. The van der Waals surface area contributed by atoms with Crippen LogP contribution in [0.4, 0.5) is 0 Å². The molecule has 2 aromatic rings. The summed E-state index contributed by atoms with van der Waals surface area (Å²) in [6, 6.07) is 4.75. The Hall–Kier alpha value is -4.03. The Morgan fingerprint density at radius 1 is 1.03 bits per heavy atom. The van der Waals surface area contributed by atoms with Crippen LogP contribution in [0, 0.1) is 10.1 Å². The highest BCUT2D eigenvalue weighted by Crippen LogP contribution is 2.46. The number of phenolic OH excluding ortho intramolecular Hbond substituents is 2. The Labute approximate surface area is 184 Å². The first kappa shape index (κ1) is 20.8. The molecule has 170 valence electrons. The lowest BCUT2D eigenvalue weighted by Gasteiger charge is -2.27. The maximum absolute atomic E-state index is 13.4. The minimum atomic E-state index is -1.47. The predicted octanol–water partition coefficient (Wildman–Crippen LogP) is 1.03. The van der Waals surface area contributed by atoms with Gasteiger partial charge in [0.15, 0.2) is 11.9 Å². The van der Waals surface area contributed by atoms with E-state index in [9.17, 15) is 39.8 Å². The summed E-state index contributed by atoms with van der Waals surface area (Å²) in [5.41, 5.74) is -1.73. The molecular formula is C21H15NO11. The first-order chi connectivity index (χ1) is 15.7. The molecule has 4 atom stereocenters. The van der Waals surface area contributed by atoms with Crippen LogP contribution in [0.15, 0.2) is 24.3 Å². The van der Waals surface area contributed by atoms with Gasteiger partial charge in [-0.05, 0) is 17.7 Å². The number of hydrogen-bond donors (Lipinski definition) is 3. The molecule has 12 nitrogen and oxygen atoms in total. The zero-order valence-corrected chi connectivity index (χ0v) is 16.6. The van der Waals surface area contributed by atoms with Gasteiger partial charge >= 0.3 is 5.97 Å². The van der Waals surface area contributed by atoms with Gasteiger partial charge in [-0.15, -0.1) is 10.1 Å². The number of benzene rings is 2. The summed E-state index contributed by atoms with van der Waals surface area (Å²) in [6.07, 6.45) is -2.85. The number of carbonyl (C=O) groups is 3. The lowest BCUT2D eigenvalue weighted by Crippen LogP contribution is -2.33. The van der Waals surface area contributed by atoms with Crippen molar-refractivity contribution in [1.29, 1.82) is 0 Å². The molecule has 3 N–H and O–H groups in total. The molecule has 5 rings (SSSR count). The lowest BCUT2D eigenvalue weighted by molar-refractivity contribution is -0.769. The van der Waals surface area contributed by atoms with Crippen molar-refractivity contribution in [2.45, 2.75) is 24.2 Å². The standard InChI is InChI=1S/C21H15NO11/c23-10-3-1-2-7-14(10)18(26)15-11(24)4-8(21(27)28)13(16(15)17(7)25)9-5-31-20-12(33-22(29)30)6-32-19(9)20/h1-4,9,12,19-20,23-24H,5-6H2,(H,27,28)/t9-,12-,19-,20-/m1/s1. The van der Waals surface area contributed by atoms with Crippen molar-refractivity contribution in [3.63, 3.8) is 0 Å². The number of hydrogen-bond acceptors (Lipinski definition) is 10. The van der Waals surface area contributed by atoms with E-state index in [1.807, 2.05) is 0 Å². The number of carboxylic acids is 1. The van der Waals surface area contributed by atoms with E-state index < -0.39 is 69.5 Å². The van der Waals surface area contributed by atoms with Crippen LogP contribution in [0.3, 0.4) is 0 Å². The summed E-state index contributed by atoms with van der Waals surface area (Å²) in [7, 11) is 0. The van der Waals surface area contributed by atoms with Crippen molar-refractivity contribution >= 4 is 17.5 Å². The maximum atomic E-state index is 13.4. The summed E-state index contributed by atoms with van der Waals surface area (Å²) in [6.45, 7) is -0.363. The summed E-state index contributed by atoms with van der Waals surface area (Å²) in [5.74, 6) is -5.15. The third kappa shape index (κ3) is 2.95. The minimum Gasteiger partial charge on any atom is -0.507 e. The van der Waals surface area contributed by atoms with Crippen LogP contribution < -0.4 is 0 Å². The van der Waals surface area contributed by atoms with Crippen LogP contribution in [0.1, 0.15) is 53.7 Å². The van der Waals surface area contributed by atoms with Gasteiger partial charge in [0, 0.05) is 17.0 Å². The Kier molecular flexibility index (Phi) is 4.58. The van der Waals surface area contributed by atoms with Crippen molar-refractivity contribution in [2.24, 2.45) is 0 Å². The SMILES string of the molecule is O=C(O)c1cc(O)c2c(c1[C@H]1CO[C@H]3[C@@H]1OC[C@H]3O[N+](=O)[O-])C(=O)c1cccc(O)c1C2=O. The molecule has 0 saturated carbocycles. The molecule has 2 aliphatic heterocycles. The number of aromatic carboxylic acids is 1. The molecule has 33 heavy (non-hydrogen) atoms. The molecule has 0 aromatic heterocycles. The molecule has 0 radical (unpaired) electrons. The number of ketones is 2. The van der Waals surface area contributed by atoms with Gasteiger partial charge in [0.2, 0.25) is 5.78 Å². The van der Waals surface area contributed by atoms with Crippen molar-refractivity contribution in [1.82, 2.24) is 0 Å². The third-order valence-electron chi connectivity index (χ3n) is 6.15. The second kappa shape index (κ2) is 7.25. The zero-order chi connectivity index (χ0) is 23.6. The Bertz CT molecular complexity index is 1250. The first-order valence-electron chi connectivity index (χ1n) is 9.79. The van der Waals surface area contributed by atoms with Crippen LogP contribution in [-0.4, -0.2) is 69.5 Å². The molecule has 0 bridgehead atoms. The monoisotopic (exact) mass is 457 g/mol. The van der Waals surface area contributed by atoms with E-state index in [0.29, 0.717) is 0 Å². The Balaban J connectivity index is 1.70. The van der Waals surface area contributed by atoms with Crippen LogP contribution in [0.2, 0.25) is 0 Å². The molecule has 2 fully saturated rings. The fourth-order valence-electron chi connectivity index (χ4n) is 4.85. The summed E-state index contributed by atoms with van der Waals surface area (Å²) in [4.78, 5) is 54.0. The Morgan fingerprint density at radius 3 is 2.45 bits per heavy atom. The molecule has 12 heteroatoms. The highest BCUT2D eigenvalue weighted by Gasteiger charge is 2.52. The first-order valence-corrected chi connectivity index (χ1v) is 9.79. The van der Waals surface area contributed by atoms with E-state index in [1.165, 1.54) is 18.2 Å². The highest BCUT2D eigenvalue weighted by molar-refractivity contribution is 6.31. The average Bonchev–Trinajstić information content (AvgIpc) is 3.34. The number of aromatic hydroxyl groups is 2. The second-order valence-corrected chi connectivity index (χ2v) is 7.84.